The average Bonchev–Trinajstić information content (AvgIpc) is 2.54. The van der Waals surface area contributed by atoms with Crippen LogP contribution in [0.4, 0.5) is 9.59 Å². The van der Waals surface area contributed by atoms with Crippen molar-refractivity contribution in [3.8, 4) is 5.75 Å². The van der Waals surface area contributed by atoms with E-state index in [1.54, 1.807) is 37.3 Å². The molecule has 0 aliphatic rings. The minimum Gasteiger partial charge on any atom is -0.442 e. The van der Waals surface area contributed by atoms with E-state index in [0.717, 1.165) is 11.1 Å². The maximum atomic E-state index is 11.5. The fourth-order valence-electron chi connectivity index (χ4n) is 1.62. The van der Waals surface area contributed by atoms with Crippen LogP contribution in [0.3, 0.4) is 0 Å². The largest absolute Gasteiger partial charge is 0.458 e. The summed E-state index contributed by atoms with van der Waals surface area (Å²) in [6.45, 7) is 1.85. The molecule has 2 aromatic rings. The first-order valence-corrected chi connectivity index (χ1v) is 6.55. The van der Waals surface area contributed by atoms with Crippen LogP contribution in [-0.4, -0.2) is 12.2 Å². The summed E-state index contributed by atoms with van der Waals surface area (Å²) in [4.78, 5) is 22.8. The van der Waals surface area contributed by atoms with Gasteiger partial charge < -0.3 is 9.47 Å². The third kappa shape index (κ3) is 4.82. The van der Waals surface area contributed by atoms with Gasteiger partial charge in [-0.25, -0.2) is 9.59 Å². The molecule has 0 aliphatic carbocycles. The number of nitrogens with zero attached hydrogens (tertiary/aromatic N) is 2. The number of benzene rings is 2. The van der Waals surface area contributed by atoms with Crippen LogP contribution < -0.4 is 4.74 Å². The van der Waals surface area contributed by atoms with Gasteiger partial charge in [0, 0.05) is 0 Å². The summed E-state index contributed by atoms with van der Waals surface area (Å²) in [6, 6.07) is 16.1. The van der Waals surface area contributed by atoms with Crippen molar-refractivity contribution in [1.29, 1.82) is 0 Å². The highest BCUT2D eigenvalue weighted by atomic mass is 16.6. The van der Waals surface area contributed by atoms with Crippen LogP contribution in [0.2, 0.25) is 0 Å². The predicted octanol–water partition coefficient (Wildman–Crippen LogP) is 4.28. The lowest BCUT2D eigenvalue weighted by Gasteiger charge is -2.03. The standard InChI is InChI=1S/C16H14N2O4/c1-12-7-5-6-10-14(12)22-16(20)18-17-15(19)21-11-13-8-3-2-4-9-13/h2-10H,11H2,1H3. The molecule has 0 unspecified atom stereocenters. The fourth-order valence-corrected chi connectivity index (χ4v) is 1.62. The molecule has 6 heteroatoms. The number of hydrogen-bond donors (Lipinski definition) is 0. The van der Waals surface area contributed by atoms with Gasteiger partial charge in [-0.2, -0.15) is 0 Å². The molecule has 0 N–H and O–H groups in total. The molecule has 0 aromatic heterocycles. The minimum atomic E-state index is -0.981. The monoisotopic (exact) mass is 298 g/mol. The fraction of sp³-hybridized carbons (Fsp3) is 0.125. The second-order valence-corrected chi connectivity index (χ2v) is 4.37. The molecule has 0 atom stereocenters. The second kappa shape index (κ2) is 7.68. The van der Waals surface area contributed by atoms with Crippen molar-refractivity contribution < 1.29 is 19.1 Å². The van der Waals surface area contributed by atoms with Gasteiger partial charge in [-0.05, 0) is 24.1 Å². The number of hydrogen-bond acceptors (Lipinski definition) is 4. The van der Waals surface area contributed by atoms with Crippen LogP contribution in [0.5, 0.6) is 5.75 Å². The van der Waals surface area contributed by atoms with Gasteiger partial charge >= 0.3 is 12.2 Å². The van der Waals surface area contributed by atoms with E-state index in [1.165, 1.54) is 0 Å². The predicted molar refractivity (Wildman–Crippen MR) is 78.7 cm³/mol. The van der Waals surface area contributed by atoms with Crippen molar-refractivity contribution in [3.63, 3.8) is 0 Å². The summed E-state index contributed by atoms with van der Waals surface area (Å²) in [5, 5.41) is 6.32. The Balaban J connectivity index is 1.82. The Labute approximate surface area is 127 Å². The number of aryl methyl sites for hydroxylation is 1. The van der Waals surface area contributed by atoms with Gasteiger partial charge in [0.1, 0.15) is 12.4 Å². The van der Waals surface area contributed by atoms with Crippen LogP contribution in [0.25, 0.3) is 0 Å². The molecule has 0 heterocycles. The number of carbonyl (C=O) groups is 2. The molecule has 22 heavy (non-hydrogen) atoms. The number of rotatable bonds is 3. The Morgan fingerprint density at radius 1 is 0.909 bits per heavy atom. The highest BCUT2D eigenvalue weighted by Crippen LogP contribution is 2.16. The van der Waals surface area contributed by atoms with Crippen molar-refractivity contribution in [3.05, 3.63) is 65.7 Å². The Morgan fingerprint density at radius 3 is 2.27 bits per heavy atom. The van der Waals surface area contributed by atoms with E-state index in [9.17, 15) is 9.59 Å². The molecule has 6 nitrogen and oxygen atoms in total. The van der Waals surface area contributed by atoms with E-state index in [0.29, 0.717) is 5.75 Å². The molecule has 0 fully saturated rings. The van der Waals surface area contributed by atoms with E-state index in [1.807, 2.05) is 24.3 Å². The van der Waals surface area contributed by atoms with E-state index in [4.69, 9.17) is 9.47 Å². The Kier molecular flexibility index (Phi) is 5.37. The molecule has 2 rings (SSSR count). The van der Waals surface area contributed by atoms with Gasteiger partial charge in [0.25, 0.3) is 0 Å². The second-order valence-electron chi connectivity index (χ2n) is 4.37. The van der Waals surface area contributed by atoms with Gasteiger partial charge in [-0.1, -0.05) is 58.8 Å². The normalized spacial score (nSPS) is 10.4. The Morgan fingerprint density at radius 2 is 1.55 bits per heavy atom. The average molecular weight is 298 g/mol. The zero-order chi connectivity index (χ0) is 15.8. The van der Waals surface area contributed by atoms with Crippen molar-refractivity contribution in [2.24, 2.45) is 10.2 Å². The lowest BCUT2D eigenvalue weighted by Crippen LogP contribution is -2.04. The molecule has 2 aromatic carbocycles. The Hall–Kier alpha value is -3.02. The number of para-hydroxylation sites is 1. The minimum absolute atomic E-state index is 0.0610. The summed E-state index contributed by atoms with van der Waals surface area (Å²) >= 11 is 0. The van der Waals surface area contributed by atoms with Gasteiger partial charge in [0.15, 0.2) is 0 Å². The van der Waals surface area contributed by atoms with Crippen LogP contribution in [-0.2, 0) is 11.3 Å². The summed E-state index contributed by atoms with van der Waals surface area (Å²) in [7, 11) is 0. The first kappa shape index (κ1) is 15.4. The van der Waals surface area contributed by atoms with Crippen molar-refractivity contribution in [2.75, 3.05) is 0 Å². The highest BCUT2D eigenvalue weighted by Gasteiger charge is 2.07. The molecule has 0 aliphatic heterocycles. The number of ether oxygens (including phenoxy) is 2. The van der Waals surface area contributed by atoms with E-state index >= 15 is 0 Å². The number of amides is 2. The number of carbonyl (C=O) groups excluding carboxylic acids is 2. The van der Waals surface area contributed by atoms with E-state index < -0.39 is 12.2 Å². The molecular formula is C16H14N2O4. The first-order chi connectivity index (χ1) is 10.6. The van der Waals surface area contributed by atoms with Crippen LogP contribution in [0.15, 0.2) is 64.8 Å². The maximum Gasteiger partial charge on any atom is 0.458 e. The zero-order valence-corrected chi connectivity index (χ0v) is 11.9. The Bertz CT molecular complexity index is 684. The molecule has 0 spiro atoms. The van der Waals surface area contributed by atoms with Crippen LogP contribution >= 0.6 is 0 Å². The summed E-state index contributed by atoms with van der Waals surface area (Å²) in [5.74, 6) is 0.365. The van der Waals surface area contributed by atoms with Gasteiger partial charge in [-0.3, -0.25) is 0 Å². The number of azo groups is 1. The van der Waals surface area contributed by atoms with Crippen molar-refractivity contribution in [2.45, 2.75) is 13.5 Å². The highest BCUT2D eigenvalue weighted by molar-refractivity contribution is 5.75. The lowest BCUT2D eigenvalue weighted by molar-refractivity contribution is 0.148. The topological polar surface area (TPSA) is 77.3 Å². The van der Waals surface area contributed by atoms with Gasteiger partial charge in [0.05, 0.1) is 0 Å². The molecular weight excluding hydrogens is 284 g/mol. The van der Waals surface area contributed by atoms with Crippen LogP contribution in [0, 0.1) is 6.92 Å². The maximum absolute atomic E-state index is 11.5. The molecule has 0 bridgehead atoms. The molecule has 0 saturated heterocycles. The van der Waals surface area contributed by atoms with Crippen LogP contribution in [0.1, 0.15) is 11.1 Å². The zero-order valence-electron chi connectivity index (χ0n) is 11.9. The summed E-state index contributed by atoms with van der Waals surface area (Å²) in [6.07, 6.45) is -1.93. The lowest BCUT2D eigenvalue weighted by atomic mass is 10.2. The summed E-state index contributed by atoms with van der Waals surface area (Å²) < 4.78 is 9.80. The molecule has 0 radical (unpaired) electrons. The third-order valence-electron chi connectivity index (χ3n) is 2.71. The molecule has 2 amide bonds. The van der Waals surface area contributed by atoms with Crippen molar-refractivity contribution in [1.82, 2.24) is 0 Å². The van der Waals surface area contributed by atoms with E-state index in [2.05, 4.69) is 10.2 Å². The molecule has 112 valence electrons. The van der Waals surface area contributed by atoms with E-state index in [-0.39, 0.29) is 6.61 Å². The quantitative estimate of drug-likeness (QED) is 0.792. The summed E-state index contributed by atoms with van der Waals surface area (Å²) in [5.41, 5.74) is 1.59. The molecule has 0 saturated carbocycles. The van der Waals surface area contributed by atoms with Gasteiger partial charge in [0.2, 0.25) is 0 Å². The van der Waals surface area contributed by atoms with Gasteiger partial charge in [-0.15, -0.1) is 0 Å². The SMILES string of the molecule is Cc1ccccc1OC(=O)N=NC(=O)OCc1ccccc1. The first-order valence-electron chi connectivity index (χ1n) is 6.55. The van der Waals surface area contributed by atoms with Crippen molar-refractivity contribution >= 4 is 12.2 Å². The smallest absolute Gasteiger partial charge is 0.442 e. The third-order valence-corrected chi connectivity index (χ3v) is 2.71.